The van der Waals surface area contributed by atoms with Gasteiger partial charge in [-0.25, -0.2) is 4.79 Å². The Bertz CT molecular complexity index is 1220. The molecule has 1 saturated carbocycles. The third kappa shape index (κ3) is 2.89. The molecule has 6 nitrogen and oxygen atoms in total. The van der Waals surface area contributed by atoms with Crippen LogP contribution >= 0.6 is 0 Å². The van der Waals surface area contributed by atoms with Gasteiger partial charge in [0.15, 0.2) is 0 Å². The Morgan fingerprint density at radius 3 is 2.94 bits per heavy atom. The molecule has 3 aromatic rings. The van der Waals surface area contributed by atoms with Crippen molar-refractivity contribution in [2.24, 2.45) is 5.92 Å². The number of ether oxygens (including phenoxy) is 2. The lowest BCUT2D eigenvalue weighted by Crippen LogP contribution is -2.35. The maximum Gasteiger partial charge on any atom is 0.338 e. The van der Waals surface area contributed by atoms with Gasteiger partial charge in [0.25, 0.3) is 0 Å². The van der Waals surface area contributed by atoms with Crippen LogP contribution in [0.3, 0.4) is 0 Å². The van der Waals surface area contributed by atoms with Crippen molar-refractivity contribution in [3.63, 3.8) is 0 Å². The van der Waals surface area contributed by atoms with Gasteiger partial charge in [-0.15, -0.1) is 0 Å². The monoisotopic (exact) mass is 415 g/mol. The molecule has 2 aromatic carbocycles. The van der Waals surface area contributed by atoms with Gasteiger partial charge in [-0.1, -0.05) is 24.8 Å². The highest BCUT2D eigenvalue weighted by atomic mass is 16.5. The molecule has 1 fully saturated rings. The summed E-state index contributed by atoms with van der Waals surface area (Å²) in [6, 6.07) is 12.5. The molecule has 158 valence electrons. The number of carbonyl (C=O) groups excluding carboxylic acids is 1. The molecule has 1 N–H and O–H groups in total. The van der Waals surface area contributed by atoms with E-state index in [1.807, 2.05) is 12.1 Å². The topological polar surface area (TPSA) is 55.7 Å². The van der Waals surface area contributed by atoms with Gasteiger partial charge < -0.3 is 24.3 Å². The Morgan fingerprint density at radius 2 is 2.16 bits per heavy atom. The Balaban J connectivity index is 1.48. The van der Waals surface area contributed by atoms with Gasteiger partial charge >= 0.3 is 5.97 Å². The zero-order valence-electron chi connectivity index (χ0n) is 17.6. The Kier molecular flexibility index (Phi) is 4.03. The average molecular weight is 415 g/mol. The lowest BCUT2D eigenvalue weighted by Gasteiger charge is -2.32. The number of anilines is 2. The van der Waals surface area contributed by atoms with Crippen LogP contribution in [0.25, 0.3) is 17.0 Å². The zero-order chi connectivity index (χ0) is 21.1. The first kappa shape index (κ1) is 18.4. The fraction of sp³-hybridized carbons (Fsp3) is 0.320. The predicted octanol–water partition coefficient (Wildman–Crippen LogP) is 4.80. The summed E-state index contributed by atoms with van der Waals surface area (Å²) in [4.78, 5) is 14.5. The lowest BCUT2D eigenvalue weighted by atomic mass is 10.1. The summed E-state index contributed by atoms with van der Waals surface area (Å²) in [5, 5.41) is 4.91. The smallest absolute Gasteiger partial charge is 0.338 e. The molecule has 1 atom stereocenters. The Hall–Kier alpha value is -3.41. The van der Waals surface area contributed by atoms with Crippen LogP contribution in [0.5, 0.6) is 5.75 Å². The van der Waals surface area contributed by atoms with Crippen molar-refractivity contribution in [1.82, 2.24) is 4.57 Å². The molecule has 0 bridgehead atoms. The van der Waals surface area contributed by atoms with E-state index in [-0.39, 0.29) is 12.1 Å². The first-order chi connectivity index (χ1) is 15.2. The van der Waals surface area contributed by atoms with Gasteiger partial charge in [-0.05, 0) is 48.6 Å². The molecule has 0 spiro atoms. The highest BCUT2D eigenvalue weighted by Crippen LogP contribution is 2.50. The second kappa shape index (κ2) is 6.80. The minimum atomic E-state index is -0.357. The number of rotatable bonds is 5. The molecular formula is C25H25N3O3. The first-order valence-electron chi connectivity index (χ1n) is 10.8. The number of fused-ring (bicyclic) bond motifs is 1. The van der Waals surface area contributed by atoms with Gasteiger partial charge in [0.1, 0.15) is 24.2 Å². The maximum absolute atomic E-state index is 12.2. The quantitative estimate of drug-likeness (QED) is 0.607. The number of aromatic nitrogens is 1. The zero-order valence-corrected chi connectivity index (χ0v) is 17.6. The summed E-state index contributed by atoms with van der Waals surface area (Å²) < 4.78 is 13.3. The molecule has 0 saturated heterocycles. The van der Waals surface area contributed by atoms with Crippen molar-refractivity contribution in [2.75, 3.05) is 30.5 Å². The molecule has 31 heavy (non-hydrogen) atoms. The number of nitrogens with zero attached hydrogens (tertiary/aromatic N) is 2. The van der Waals surface area contributed by atoms with E-state index in [0.29, 0.717) is 12.2 Å². The van der Waals surface area contributed by atoms with Crippen LogP contribution in [0.2, 0.25) is 0 Å². The van der Waals surface area contributed by atoms with E-state index in [1.54, 1.807) is 6.07 Å². The molecule has 3 aliphatic rings. The van der Waals surface area contributed by atoms with E-state index in [0.717, 1.165) is 41.7 Å². The second-order valence-electron chi connectivity index (χ2n) is 8.60. The van der Waals surface area contributed by atoms with Crippen molar-refractivity contribution >= 4 is 34.3 Å². The lowest BCUT2D eigenvalue weighted by molar-refractivity contribution is 0.0600. The normalized spacial score (nSPS) is 19.0. The Labute approximate surface area is 181 Å². The molecule has 6 rings (SSSR count). The highest BCUT2D eigenvalue weighted by Gasteiger charge is 2.38. The molecule has 6 heteroatoms. The molecule has 1 unspecified atom stereocenters. The number of hydrogen-bond acceptors (Lipinski definition) is 5. The SMILES string of the molecule is C=Cc1ccc2cc(C3Nc4cc(C(=O)OC)cc5c4N3CCO5)n(CC3CC3)c2c1. The van der Waals surface area contributed by atoms with Crippen LogP contribution in [-0.2, 0) is 11.3 Å². The summed E-state index contributed by atoms with van der Waals surface area (Å²) in [5.41, 5.74) is 6.07. The van der Waals surface area contributed by atoms with Gasteiger partial charge in [-0.3, -0.25) is 0 Å². The minimum Gasteiger partial charge on any atom is -0.489 e. The minimum absolute atomic E-state index is 0.0103. The van der Waals surface area contributed by atoms with Crippen LogP contribution in [0, 0.1) is 5.92 Å². The van der Waals surface area contributed by atoms with Crippen molar-refractivity contribution < 1.29 is 14.3 Å². The standard InChI is InChI=1S/C25H25N3O3/c1-3-15-6-7-17-12-21(28(20(17)10-15)14-16-4-5-16)24-26-19-11-18(25(29)30-2)13-22-23(19)27(24)8-9-31-22/h3,6-7,10-13,16,24,26H,1,4-5,8-9,14H2,2H3. The van der Waals surface area contributed by atoms with Gasteiger partial charge in [0.2, 0.25) is 0 Å². The number of benzene rings is 2. The molecule has 0 radical (unpaired) electrons. The van der Waals surface area contributed by atoms with Gasteiger partial charge in [-0.2, -0.15) is 0 Å². The summed E-state index contributed by atoms with van der Waals surface area (Å²) in [7, 11) is 1.40. The molecule has 1 aliphatic carbocycles. The Morgan fingerprint density at radius 1 is 1.29 bits per heavy atom. The summed E-state index contributed by atoms with van der Waals surface area (Å²) in [6.45, 7) is 6.34. The van der Waals surface area contributed by atoms with Crippen LogP contribution in [0.1, 0.15) is 40.6 Å². The first-order valence-corrected chi connectivity index (χ1v) is 10.8. The molecule has 0 amide bonds. The van der Waals surface area contributed by atoms with Crippen LogP contribution in [-0.4, -0.2) is 30.8 Å². The van der Waals surface area contributed by atoms with E-state index in [4.69, 9.17) is 9.47 Å². The number of methoxy groups -OCH3 is 1. The van der Waals surface area contributed by atoms with Crippen LogP contribution in [0.15, 0.2) is 43.0 Å². The largest absolute Gasteiger partial charge is 0.489 e. The van der Waals surface area contributed by atoms with E-state index < -0.39 is 0 Å². The molecule has 1 aromatic heterocycles. The number of nitrogens with one attached hydrogen (secondary N) is 1. The summed E-state index contributed by atoms with van der Waals surface area (Å²) in [6.07, 6.45) is 4.48. The van der Waals surface area contributed by atoms with Crippen LogP contribution < -0.4 is 15.0 Å². The number of esters is 1. The highest BCUT2D eigenvalue weighted by molar-refractivity contribution is 5.96. The van der Waals surface area contributed by atoms with E-state index in [9.17, 15) is 4.79 Å². The molecule has 2 aliphatic heterocycles. The number of hydrogen-bond donors (Lipinski definition) is 1. The average Bonchev–Trinajstić information content (AvgIpc) is 3.45. The van der Waals surface area contributed by atoms with Crippen molar-refractivity contribution in [1.29, 1.82) is 0 Å². The van der Waals surface area contributed by atoms with Gasteiger partial charge in [0.05, 0.1) is 30.6 Å². The maximum atomic E-state index is 12.2. The van der Waals surface area contributed by atoms with Crippen molar-refractivity contribution in [3.8, 4) is 5.75 Å². The molecular weight excluding hydrogens is 390 g/mol. The van der Waals surface area contributed by atoms with Crippen LogP contribution in [0.4, 0.5) is 11.4 Å². The fourth-order valence-corrected chi connectivity index (χ4v) is 4.85. The molecule has 3 heterocycles. The number of carbonyl (C=O) groups is 1. The van der Waals surface area contributed by atoms with E-state index in [1.165, 1.54) is 36.5 Å². The predicted molar refractivity (Wildman–Crippen MR) is 122 cm³/mol. The summed E-state index contributed by atoms with van der Waals surface area (Å²) >= 11 is 0. The van der Waals surface area contributed by atoms with Crippen molar-refractivity contribution in [2.45, 2.75) is 25.6 Å². The fourth-order valence-electron chi connectivity index (χ4n) is 4.85. The second-order valence-corrected chi connectivity index (χ2v) is 8.60. The third-order valence-corrected chi connectivity index (χ3v) is 6.59. The summed E-state index contributed by atoms with van der Waals surface area (Å²) in [5.74, 6) is 1.12. The van der Waals surface area contributed by atoms with E-state index in [2.05, 4.69) is 45.6 Å². The third-order valence-electron chi connectivity index (χ3n) is 6.59. The van der Waals surface area contributed by atoms with E-state index >= 15 is 0 Å². The van der Waals surface area contributed by atoms with Gasteiger partial charge in [0, 0.05) is 17.4 Å². The van der Waals surface area contributed by atoms with Crippen molar-refractivity contribution in [3.05, 3.63) is 59.8 Å².